The van der Waals surface area contributed by atoms with Gasteiger partial charge in [0.25, 0.3) is 0 Å². The molecule has 182 valence electrons. The molecular weight excluding hydrogens is 442 g/mol. The number of piperazine rings is 1. The number of hydrogen-bond donors (Lipinski definition) is 1. The molecule has 1 saturated heterocycles. The summed E-state index contributed by atoms with van der Waals surface area (Å²) >= 11 is 0. The van der Waals surface area contributed by atoms with Crippen molar-refractivity contribution in [1.29, 1.82) is 0 Å². The van der Waals surface area contributed by atoms with E-state index in [4.69, 9.17) is 14.2 Å². The van der Waals surface area contributed by atoms with Crippen molar-refractivity contribution < 1.29 is 19.0 Å². The number of fused-ring (bicyclic) bond motifs is 3. The van der Waals surface area contributed by atoms with Gasteiger partial charge in [0.1, 0.15) is 17.2 Å². The number of nitrogens with one attached hydrogen (secondary N) is 1. The lowest BCUT2D eigenvalue weighted by Crippen LogP contribution is -2.60. The minimum Gasteiger partial charge on any atom is -0.497 e. The summed E-state index contributed by atoms with van der Waals surface area (Å²) in [5.41, 5.74) is 4.24. The predicted molar refractivity (Wildman–Crippen MR) is 138 cm³/mol. The Morgan fingerprint density at radius 3 is 2.11 bits per heavy atom. The van der Waals surface area contributed by atoms with E-state index in [2.05, 4.69) is 39.4 Å². The van der Waals surface area contributed by atoms with E-state index in [1.807, 2.05) is 42.5 Å². The van der Waals surface area contributed by atoms with Crippen molar-refractivity contribution in [2.24, 2.45) is 5.92 Å². The third-order valence-corrected chi connectivity index (χ3v) is 7.06. The zero-order valence-corrected chi connectivity index (χ0v) is 20.4. The van der Waals surface area contributed by atoms with E-state index >= 15 is 0 Å². The van der Waals surface area contributed by atoms with Crippen LogP contribution in [0, 0.1) is 5.92 Å². The fourth-order valence-corrected chi connectivity index (χ4v) is 5.14. The fraction of sp³-hybridized carbons (Fsp3) is 0.321. The lowest BCUT2D eigenvalue weighted by atomic mass is 9.83. The molecule has 7 heteroatoms. The van der Waals surface area contributed by atoms with Gasteiger partial charge in [0.05, 0.1) is 33.3 Å². The minimum atomic E-state index is -0.195. The van der Waals surface area contributed by atoms with Crippen molar-refractivity contribution in [3.05, 3.63) is 72.3 Å². The number of ether oxygens (including phenoxy) is 3. The molecule has 2 heterocycles. The number of amides is 1. The first-order chi connectivity index (χ1) is 17.1. The van der Waals surface area contributed by atoms with Crippen molar-refractivity contribution in [1.82, 2.24) is 0 Å². The summed E-state index contributed by atoms with van der Waals surface area (Å²) in [5.74, 6) is 2.27. The molecule has 7 nitrogen and oxygen atoms in total. The quantitative estimate of drug-likeness (QED) is 0.579. The van der Waals surface area contributed by atoms with Gasteiger partial charge in [0.15, 0.2) is 0 Å². The molecule has 0 aromatic heterocycles. The van der Waals surface area contributed by atoms with Crippen LogP contribution in [0.5, 0.6) is 17.2 Å². The maximum Gasteiger partial charge on any atom is 0.229 e. The van der Waals surface area contributed by atoms with Gasteiger partial charge in [-0.15, -0.1) is 0 Å². The molecule has 2 atom stereocenters. The maximum atomic E-state index is 13.6. The van der Waals surface area contributed by atoms with E-state index in [1.54, 1.807) is 21.3 Å². The number of rotatable bonds is 6. The van der Waals surface area contributed by atoms with Crippen LogP contribution in [0.4, 0.5) is 17.1 Å². The van der Waals surface area contributed by atoms with Gasteiger partial charge in [-0.05, 0) is 66.6 Å². The van der Waals surface area contributed by atoms with Crippen LogP contribution in [0.2, 0.25) is 0 Å². The number of hydrogen-bond acceptors (Lipinski definition) is 6. The third kappa shape index (κ3) is 4.58. The first kappa shape index (κ1) is 22.9. The molecule has 0 bridgehead atoms. The fourth-order valence-electron chi connectivity index (χ4n) is 5.14. The molecule has 0 saturated carbocycles. The molecular formula is C28H31N3O4. The second kappa shape index (κ2) is 9.78. The van der Waals surface area contributed by atoms with Crippen LogP contribution in [0.15, 0.2) is 66.7 Å². The number of nitrogens with zero attached hydrogens (tertiary/aromatic N) is 2. The molecule has 1 fully saturated rings. The number of methoxy groups -OCH3 is 3. The average molecular weight is 474 g/mol. The largest absolute Gasteiger partial charge is 0.497 e. The number of carbonyl (C=O) groups is 1. The van der Waals surface area contributed by atoms with Gasteiger partial charge < -0.3 is 29.3 Å². The molecule has 0 unspecified atom stereocenters. The lowest BCUT2D eigenvalue weighted by Gasteiger charge is -2.49. The molecule has 0 radical (unpaired) electrons. The molecule has 0 spiro atoms. The minimum absolute atomic E-state index is 0.0308. The maximum absolute atomic E-state index is 13.6. The first-order valence-electron chi connectivity index (χ1n) is 11.9. The van der Waals surface area contributed by atoms with Crippen LogP contribution in [0.3, 0.4) is 0 Å². The van der Waals surface area contributed by atoms with Gasteiger partial charge in [-0.2, -0.15) is 0 Å². The summed E-state index contributed by atoms with van der Waals surface area (Å²) in [5, 5.41) is 3.14. The molecule has 2 aliphatic rings. The number of carbonyl (C=O) groups excluding carboxylic acids is 1. The Hall–Kier alpha value is -3.87. The molecule has 1 amide bonds. The standard InChI is InChI=1S/C28H31N3O4/c1-33-22-10-5-20(6-11-22)29-28(32)25-16-19-4-9-24(35-3)17-26(19)31-15-14-30(18-27(25)31)21-7-12-23(34-2)13-8-21/h4-13,17,25,27H,14-16,18H2,1-3H3,(H,29,32)/t25-,27-/m0/s1. The highest BCUT2D eigenvalue weighted by Gasteiger charge is 2.41. The van der Waals surface area contributed by atoms with Gasteiger partial charge in [-0.1, -0.05) is 6.07 Å². The molecule has 35 heavy (non-hydrogen) atoms. The van der Waals surface area contributed by atoms with Crippen molar-refractivity contribution in [2.45, 2.75) is 12.5 Å². The molecule has 3 aromatic rings. The van der Waals surface area contributed by atoms with E-state index in [-0.39, 0.29) is 17.9 Å². The lowest BCUT2D eigenvalue weighted by molar-refractivity contribution is -0.120. The molecule has 0 aliphatic carbocycles. The highest BCUT2D eigenvalue weighted by Crippen LogP contribution is 2.39. The second-order valence-corrected chi connectivity index (χ2v) is 8.93. The van der Waals surface area contributed by atoms with E-state index < -0.39 is 0 Å². The summed E-state index contributed by atoms with van der Waals surface area (Å²) < 4.78 is 16.1. The number of anilines is 3. The van der Waals surface area contributed by atoms with E-state index in [9.17, 15) is 4.79 Å². The van der Waals surface area contributed by atoms with E-state index in [0.717, 1.165) is 53.9 Å². The summed E-state index contributed by atoms with van der Waals surface area (Å²) in [6.07, 6.45) is 0.679. The Balaban J connectivity index is 1.43. The van der Waals surface area contributed by atoms with E-state index in [0.29, 0.717) is 6.42 Å². The zero-order chi connectivity index (χ0) is 24.4. The highest BCUT2D eigenvalue weighted by atomic mass is 16.5. The number of benzene rings is 3. The average Bonchev–Trinajstić information content (AvgIpc) is 2.92. The zero-order valence-electron chi connectivity index (χ0n) is 20.4. The van der Waals surface area contributed by atoms with Crippen molar-refractivity contribution in [3.63, 3.8) is 0 Å². The van der Waals surface area contributed by atoms with Crippen LogP contribution in [-0.4, -0.2) is 52.9 Å². The molecule has 5 rings (SSSR count). The van der Waals surface area contributed by atoms with Crippen molar-refractivity contribution in [2.75, 3.05) is 56.1 Å². The second-order valence-electron chi connectivity index (χ2n) is 8.93. The van der Waals surface area contributed by atoms with Crippen molar-refractivity contribution in [3.8, 4) is 17.2 Å². The van der Waals surface area contributed by atoms with Crippen LogP contribution in [0.25, 0.3) is 0 Å². The monoisotopic (exact) mass is 473 g/mol. The van der Waals surface area contributed by atoms with Crippen LogP contribution in [0.1, 0.15) is 5.56 Å². The van der Waals surface area contributed by atoms with Gasteiger partial charge in [0.2, 0.25) is 5.91 Å². The molecule has 3 aromatic carbocycles. The van der Waals surface area contributed by atoms with Gasteiger partial charge in [-0.3, -0.25) is 4.79 Å². The Labute approximate surface area is 206 Å². The summed E-state index contributed by atoms with van der Waals surface area (Å²) in [4.78, 5) is 18.4. The summed E-state index contributed by atoms with van der Waals surface area (Å²) in [6, 6.07) is 21.8. The third-order valence-electron chi connectivity index (χ3n) is 7.06. The van der Waals surface area contributed by atoms with Gasteiger partial charge in [-0.25, -0.2) is 0 Å². The normalized spacial score (nSPS) is 18.8. The molecule has 2 aliphatic heterocycles. The summed E-state index contributed by atoms with van der Waals surface area (Å²) in [6.45, 7) is 2.44. The SMILES string of the molecule is COc1ccc(NC(=O)[C@H]2Cc3ccc(OC)cc3N3CCN(c4ccc(OC)cc4)C[C@@H]23)cc1. The highest BCUT2D eigenvalue weighted by molar-refractivity contribution is 5.94. The van der Waals surface area contributed by atoms with Crippen LogP contribution in [-0.2, 0) is 11.2 Å². The topological polar surface area (TPSA) is 63.3 Å². The van der Waals surface area contributed by atoms with Gasteiger partial charge in [0, 0.05) is 42.8 Å². The van der Waals surface area contributed by atoms with Gasteiger partial charge >= 0.3 is 0 Å². The first-order valence-corrected chi connectivity index (χ1v) is 11.9. The Kier molecular flexibility index (Phi) is 6.40. The summed E-state index contributed by atoms with van der Waals surface area (Å²) in [7, 11) is 5.00. The Morgan fingerprint density at radius 2 is 1.46 bits per heavy atom. The smallest absolute Gasteiger partial charge is 0.229 e. The molecule has 1 N–H and O–H groups in total. The van der Waals surface area contributed by atoms with E-state index in [1.165, 1.54) is 5.56 Å². The predicted octanol–water partition coefficient (Wildman–Crippen LogP) is 4.22. The van der Waals surface area contributed by atoms with Crippen LogP contribution >= 0.6 is 0 Å². The Bertz CT molecular complexity index is 1180. The van der Waals surface area contributed by atoms with Crippen LogP contribution < -0.4 is 29.3 Å². The Morgan fingerprint density at radius 1 is 0.829 bits per heavy atom. The van der Waals surface area contributed by atoms with Crippen molar-refractivity contribution >= 4 is 23.0 Å².